The lowest BCUT2D eigenvalue weighted by atomic mass is 10.2. The van der Waals surface area contributed by atoms with E-state index < -0.39 is 5.97 Å². The van der Waals surface area contributed by atoms with Crippen LogP contribution in [0.4, 0.5) is 0 Å². The SMILES string of the molecule is O=C(O)c1ccc2ccsc2c1.c1ccc2sccc2c1. The van der Waals surface area contributed by atoms with Gasteiger partial charge in [0.15, 0.2) is 0 Å². The zero-order chi connectivity index (χ0) is 14.7. The summed E-state index contributed by atoms with van der Waals surface area (Å²) < 4.78 is 2.40. The highest BCUT2D eigenvalue weighted by atomic mass is 32.1. The van der Waals surface area contributed by atoms with Crippen LogP contribution in [-0.4, -0.2) is 11.1 Å². The van der Waals surface area contributed by atoms with Crippen LogP contribution in [-0.2, 0) is 0 Å². The van der Waals surface area contributed by atoms with Gasteiger partial charge >= 0.3 is 5.97 Å². The Hall–Kier alpha value is -2.17. The molecular weight excluding hydrogens is 300 g/mol. The first kappa shape index (κ1) is 13.8. The molecule has 2 nitrogen and oxygen atoms in total. The highest BCUT2D eigenvalue weighted by Gasteiger charge is 2.03. The number of carboxylic acids is 1. The van der Waals surface area contributed by atoms with Crippen LogP contribution in [0.25, 0.3) is 20.2 Å². The second kappa shape index (κ2) is 6.08. The summed E-state index contributed by atoms with van der Waals surface area (Å²) in [5.74, 6) is -0.870. The van der Waals surface area contributed by atoms with Gasteiger partial charge in [-0.15, -0.1) is 22.7 Å². The molecule has 0 aliphatic carbocycles. The Labute approximate surface area is 129 Å². The maximum absolute atomic E-state index is 10.6. The first-order chi connectivity index (χ1) is 10.2. The van der Waals surface area contributed by atoms with Crippen molar-refractivity contribution in [1.82, 2.24) is 0 Å². The number of fused-ring (bicyclic) bond motifs is 2. The molecule has 4 aromatic rings. The molecule has 0 bridgehead atoms. The molecule has 1 N–H and O–H groups in total. The van der Waals surface area contributed by atoms with Gasteiger partial charge in [0.25, 0.3) is 0 Å². The minimum absolute atomic E-state index is 0.352. The molecule has 2 heterocycles. The Morgan fingerprint density at radius 3 is 2.19 bits per heavy atom. The summed E-state index contributed by atoms with van der Waals surface area (Å²) in [7, 11) is 0. The largest absolute Gasteiger partial charge is 0.478 e. The predicted octanol–water partition coefficient (Wildman–Crippen LogP) is 5.50. The van der Waals surface area contributed by atoms with E-state index in [-0.39, 0.29) is 0 Å². The third-order valence-corrected chi connectivity index (χ3v) is 4.84. The average Bonchev–Trinajstić information content (AvgIpc) is 3.15. The molecule has 2 aromatic carbocycles. The number of hydrogen-bond donors (Lipinski definition) is 1. The van der Waals surface area contributed by atoms with Crippen molar-refractivity contribution in [3.05, 3.63) is 70.9 Å². The van der Waals surface area contributed by atoms with Gasteiger partial charge in [-0.25, -0.2) is 4.79 Å². The zero-order valence-corrected chi connectivity index (χ0v) is 12.7. The van der Waals surface area contributed by atoms with Crippen molar-refractivity contribution in [3.8, 4) is 0 Å². The number of thiophene rings is 2. The van der Waals surface area contributed by atoms with Crippen molar-refractivity contribution >= 4 is 48.8 Å². The van der Waals surface area contributed by atoms with Crippen LogP contribution >= 0.6 is 22.7 Å². The predicted molar refractivity (Wildman–Crippen MR) is 90.6 cm³/mol. The van der Waals surface area contributed by atoms with E-state index in [0.29, 0.717) is 5.56 Å². The van der Waals surface area contributed by atoms with E-state index in [4.69, 9.17) is 5.11 Å². The van der Waals surface area contributed by atoms with Gasteiger partial charge in [0.05, 0.1) is 5.56 Å². The molecule has 0 fully saturated rings. The Kier molecular flexibility index (Phi) is 3.99. The molecule has 4 heteroatoms. The normalized spacial score (nSPS) is 10.3. The lowest BCUT2D eigenvalue weighted by Crippen LogP contribution is -1.94. The number of carbonyl (C=O) groups is 1. The number of rotatable bonds is 1. The molecule has 104 valence electrons. The van der Waals surface area contributed by atoms with Gasteiger partial charge in [-0.1, -0.05) is 24.3 Å². The summed E-state index contributed by atoms with van der Waals surface area (Å²) in [6, 6.07) is 17.7. The minimum Gasteiger partial charge on any atom is -0.478 e. The molecule has 0 aliphatic heterocycles. The molecule has 21 heavy (non-hydrogen) atoms. The van der Waals surface area contributed by atoms with E-state index in [1.54, 1.807) is 34.8 Å². The van der Waals surface area contributed by atoms with Gasteiger partial charge in [-0.3, -0.25) is 0 Å². The van der Waals surface area contributed by atoms with Crippen LogP contribution in [0.3, 0.4) is 0 Å². The van der Waals surface area contributed by atoms with E-state index in [1.165, 1.54) is 10.1 Å². The van der Waals surface area contributed by atoms with E-state index in [0.717, 1.165) is 10.1 Å². The Morgan fingerprint density at radius 1 is 0.810 bits per heavy atom. The van der Waals surface area contributed by atoms with E-state index in [2.05, 4.69) is 35.7 Å². The molecule has 0 amide bonds. The van der Waals surface area contributed by atoms with Crippen LogP contribution < -0.4 is 0 Å². The van der Waals surface area contributed by atoms with Crippen LogP contribution in [0.1, 0.15) is 10.4 Å². The highest BCUT2D eigenvalue weighted by Crippen LogP contribution is 2.21. The lowest BCUT2D eigenvalue weighted by Gasteiger charge is -1.92. The van der Waals surface area contributed by atoms with Crippen molar-refractivity contribution in [2.45, 2.75) is 0 Å². The summed E-state index contributed by atoms with van der Waals surface area (Å²) in [4.78, 5) is 10.6. The van der Waals surface area contributed by atoms with Crippen molar-refractivity contribution in [2.75, 3.05) is 0 Å². The fraction of sp³-hybridized carbons (Fsp3) is 0. The first-order valence-corrected chi connectivity index (χ1v) is 8.13. The molecule has 0 radical (unpaired) electrons. The quantitative estimate of drug-likeness (QED) is 0.504. The van der Waals surface area contributed by atoms with E-state index in [1.807, 2.05) is 17.5 Å². The van der Waals surface area contributed by atoms with Crippen LogP contribution in [0.2, 0.25) is 0 Å². The van der Waals surface area contributed by atoms with Crippen LogP contribution in [0, 0.1) is 0 Å². The summed E-state index contributed by atoms with van der Waals surface area (Å²) in [6.45, 7) is 0. The van der Waals surface area contributed by atoms with Gasteiger partial charge < -0.3 is 5.11 Å². The summed E-state index contributed by atoms with van der Waals surface area (Å²) >= 11 is 3.34. The number of hydrogen-bond acceptors (Lipinski definition) is 3. The number of carboxylic acid groups (broad SMARTS) is 1. The van der Waals surface area contributed by atoms with Crippen LogP contribution in [0.15, 0.2) is 65.4 Å². The summed E-state index contributed by atoms with van der Waals surface area (Å²) in [5, 5.41) is 15.2. The third-order valence-electron chi connectivity index (χ3n) is 3.06. The first-order valence-electron chi connectivity index (χ1n) is 6.37. The Morgan fingerprint density at radius 2 is 1.48 bits per heavy atom. The standard InChI is InChI=1S/C9H6O2S.C8H6S/c10-9(11)7-2-1-6-3-4-12-8(6)5-7;1-2-4-8-7(3-1)5-6-9-8/h1-5H,(H,10,11);1-6H. The lowest BCUT2D eigenvalue weighted by molar-refractivity contribution is 0.0697. The highest BCUT2D eigenvalue weighted by molar-refractivity contribution is 7.17. The molecule has 4 rings (SSSR count). The van der Waals surface area contributed by atoms with Gasteiger partial charge in [-0.05, 0) is 51.9 Å². The molecule has 0 atom stereocenters. The fourth-order valence-electron chi connectivity index (χ4n) is 1.99. The summed E-state index contributed by atoms with van der Waals surface area (Å²) in [6.07, 6.45) is 0. The number of benzene rings is 2. The maximum atomic E-state index is 10.6. The molecule has 0 spiro atoms. The molecule has 0 saturated carbocycles. The molecule has 0 saturated heterocycles. The van der Waals surface area contributed by atoms with Crippen molar-refractivity contribution in [2.24, 2.45) is 0 Å². The fourth-order valence-corrected chi connectivity index (χ4v) is 3.61. The third kappa shape index (κ3) is 3.12. The van der Waals surface area contributed by atoms with E-state index in [9.17, 15) is 4.79 Å². The zero-order valence-electron chi connectivity index (χ0n) is 11.0. The van der Waals surface area contributed by atoms with E-state index >= 15 is 0 Å². The van der Waals surface area contributed by atoms with Gasteiger partial charge in [0.1, 0.15) is 0 Å². The smallest absolute Gasteiger partial charge is 0.335 e. The topological polar surface area (TPSA) is 37.3 Å². The van der Waals surface area contributed by atoms with Crippen molar-refractivity contribution < 1.29 is 9.90 Å². The van der Waals surface area contributed by atoms with Crippen molar-refractivity contribution in [3.63, 3.8) is 0 Å². The maximum Gasteiger partial charge on any atom is 0.335 e. The monoisotopic (exact) mass is 312 g/mol. The summed E-state index contributed by atoms with van der Waals surface area (Å²) in [5.41, 5.74) is 0.352. The minimum atomic E-state index is -0.870. The second-order valence-electron chi connectivity index (χ2n) is 4.44. The Bertz CT molecular complexity index is 859. The second-order valence-corrected chi connectivity index (χ2v) is 6.33. The Balaban J connectivity index is 0.000000131. The average molecular weight is 312 g/mol. The molecule has 0 aliphatic rings. The number of aromatic carboxylic acids is 1. The van der Waals surface area contributed by atoms with Gasteiger partial charge in [-0.2, -0.15) is 0 Å². The molecular formula is C17H12O2S2. The van der Waals surface area contributed by atoms with Crippen molar-refractivity contribution in [1.29, 1.82) is 0 Å². The molecule has 2 aromatic heterocycles. The van der Waals surface area contributed by atoms with Crippen LogP contribution in [0.5, 0.6) is 0 Å². The van der Waals surface area contributed by atoms with Gasteiger partial charge in [0.2, 0.25) is 0 Å². The molecule has 0 unspecified atom stereocenters. The van der Waals surface area contributed by atoms with Gasteiger partial charge in [0, 0.05) is 9.40 Å².